The highest BCUT2D eigenvalue weighted by Crippen LogP contribution is 2.14. The maximum Gasteiger partial charge on any atom is 0.354 e. The normalized spacial score (nSPS) is 9.94. The number of carbonyl (C=O) groups is 1. The van der Waals surface area contributed by atoms with Gasteiger partial charge in [-0.25, -0.2) is 19.2 Å². The van der Waals surface area contributed by atoms with Gasteiger partial charge in [0.25, 0.3) is 0 Å². The van der Waals surface area contributed by atoms with E-state index in [1.165, 1.54) is 30.3 Å². The van der Waals surface area contributed by atoms with Gasteiger partial charge in [-0.05, 0) is 24.3 Å². The molecule has 6 heteroatoms. The molecule has 0 unspecified atom stereocenters. The summed E-state index contributed by atoms with van der Waals surface area (Å²) in [5.41, 5.74) is 0.506. The molecule has 86 valence electrons. The number of nitrogens with zero attached hydrogens (tertiary/aromatic N) is 2. The van der Waals surface area contributed by atoms with Crippen molar-refractivity contribution in [3.8, 4) is 0 Å². The van der Waals surface area contributed by atoms with Crippen LogP contribution in [0.5, 0.6) is 0 Å². The highest BCUT2D eigenvalue weighted by molar-refractivity contribution is 5.86. The van der Waals surface area contributed by atoms with Crippen LogP contribution in [0.4, 0.5) is 15.9 Å². The molecule has 0 atom stereocenters. The second-order valence-corrected chi connectivity index (χ2v) is 3.23. The number of carboxylic acid groups (broad SMARTS) is 1. The molecule has 5 nitrogen and oxygen atoms in total. The van der Waals surface area contributed by atoms with Crippen molar-refractivity contribution in [1.29, 1.82) is 0 Å². The van der Waals surface area contributed by atoms with Gasteiger partial charge in [0.1, 0.15) is 18.0 Å². The van der Waals surface area contributed by atoms with Crippen molar-refractivity contribution in [1.82, 2.24) is 9.97 Å². The van der Waals surface area contributed by atoms with Crippen molar-refractivity contribution < 1.29 is 14.3 Å². The summed E-state index contributed by atoms with van der Waals surface area (Å²) >= 11 is 0. The first-order valence-corrected chi connectivity index (χ1v) is 4.73. The fourth-order valence-electron chi connectivity index (χ4n) is 1.22. The van der Waals surface area contributed by atoms with Gasteiger partial charge in [-0.2, -0.15) is 0 Å². The summed E-state index contributed by atoms with van der Waals surface area (Å²) in [6.45, 7) is 0. The first-order chi connectivity index (χ1) is 8.15. The molecule has 0 fully saturated rings. The first-order valence-electron chi connectivity index (χ1n) is 4.73. The minimum absolute atomic E-state index is 0.107. The number of carboxylic acids is 1. The molecule has 2 aromatic rings. The summed E-state index contributed by atoms with van der Waals surface area (Å²) in [4.78, 5) is 18.1. The quantitative estimate of drug-likeness (QED) is 0.848. The van der Waals surface area contributed by atoms with Crippen LogP contribution in [0.3, 0.4) is 0 Å². The van der Waals surface area contributed by atoms with E-state index in [2.05, 4.69) is 15.3 Å². The lowest BCUT2D eigenvalue weighted by Gasteiger charge is -2.05. The molecule has 0 aliphatic rings. The van der Waals surface area contributed by atoms with E-state index < -0.39 is 5.97 Å². The van der Waals surface area contributed by atoms with Crippen molar-refractivity contribution in [2.45, 2.75) is 0 Å². The predicted molar refractivity (Wildman–Crippen MR) is 58.7 cm³/mol. The lowest BCUT2D eigenvalue weighted by molar-refractivity contribution is 0.0690. The molecule has 1 aromatic carbocycles. The van der Waals surface area contributed by atoms with Gasteiger partial charge in [-0.15, -0.1) is 0 Å². The van der Waals surface area contributed by atoms with Gasteiger partial charge in [0, 0.05) is 11.8 Å². The van der Waals surface area contributed by atoms with Crippen LogP contribution in [0.1, 0.15) is 10.5 Å². The van der Waals surface area contributed by atoms with Gasteiger partial charge in [-0.1, -0.05) is 0 Å². The van der Waals surface area contributed by atoms with Crippen molar-refractivity contribution in [2.75, 3.05) is 5.32 Å². The number of halogens is 1. The topological polar surface area (TPSA) is 75.1 Å². The smallest absolute Gasteiger partial charge is 0.354 e. The zero-order valence-electron chi connectivity index (χ0n) is 8.59. The van der Waals surface area contributed by atoms with E-state index in [0.717, 1.165) is 6.33 Å². The van der Waals surface area contributed by atoms with Gasteiger partial charge in [0.05, 0.1) is 0 Å². The lowest BCUT2D eigenvalue weighted by Crippen LogP contribution is -2.02. The predicted octanol–water partition coefficient (Wildman–Crippen LogP) is 2.06. The molecule has 0 saturated carbocycles. The zero-order chi connectivity index (χ0) is 12.3. The van der Waals surface area contributed by atoms with E-state index in [1.807, 2.05) is 0 Å². The fraction of sp³-hybridized carbons (Fsp3) is 0. The van der Waals surface area contributed by atoms with Gasteiger partial charge < -0.3 is 10.4 Å². The number of benzene rings is 1. The van der Waals surface area contributed by atoms with Crippen LogP contribution in [0, 0.1) is 5.82 Å². The molecule has 1 heterocycles. The third-order valence-electron chi connectivity index (χ3n) is 2.00. The number of anilines is 2. The Labute approximate surface area is 96.0 Å². The molecule has 2 N–H and O–H groups in total. The van der Waals surface area contributed by atoms with Crippen molar-refractivity contribution in [3.05, 3.63) is 48.2 Å². The van der Waals surface area contributed by atoms with E-state index >= 15 is 0 Å². The summed E-state index contributed by atoms with van der Waals surface area (Å²) in [6.07, 6.45) is 1.15. The van der Waals surface area contributed by atoms with Gasteiger partial charge in [-0.3, -0.25) is 0 Å². The van der Waals surface area contributed by atoms with E-state index in [0.29, 0.717) is 11.5 Å². The molecule has 0 bridgehead atoms. The molecule has 17 heavy (non-hydrogen) atoms. The largest absolute Gasteiger partial charge is 0.477 e. The highest BCUT2D eigenvalue weighted by Gasteiger charge is 2.05. The Balaban J connectivity index is 2.21. The highest BCUT2D eigenvalue weighted by atomic mass is 19.1. The molecule has 1 aromatic heterocycles. The molecular formula is C11H8FN3O2. The lowest BCUT2D eigenvalue weighted by atomic mass is 10.3. The summed E-state index contributed by atoms with van der Waals surface area (Å²) in [7, 11) is 0. The monoisotopic (exact) mass is 233 g/mol. The summed E-state index contributed by atoms with van der Waals surface area (Å²) in [6, 6.07) is 6.94. The van der Waals surface area contributed by atoms with Crippen LogP contribution in [0.15, 0.2) is 36.7 Å². The molecule has 0 saturated heterocycles. The van der Waals surface area contributed by atoms with Crippen LogP contribution in [0.2, 0.25) is 0 Å². The average Bonchev–Trinajstić information content (AvgIpc) is 2.32. The Kier molecular flexibility index (Phi) is 2.95. The molecule has 0 aliphatic carbocycles. The van der Waals surface area contributed by atoms with E-state index in [1.54, 1.807) is 0 Å². The first kappa shape index (κ1) is 11.0. The third-order valence-corrected chi connectivity index (χ3v) is 2.00. The fourth-order valence-corrected chi connectivity index (χ4v) is 1.22. The molecule has 0 radical (unpaired) electrons. The Morgan fingerprint density at radius 2 is 1.94 bits per heavy atom. The maximum absolute atomic E-state index is 12.7. The molecule has 0 amide bonds. The van der Waals surface area contributed by atoms with E-state index in [4.69, 9.17) is 5.11 Å². The third kappa shape index (κ3) is 2.75. The number of hydrogen-bond donors (Lipinski definition) is 2. The SMILES string of the molecule is O=C(O)c1cc(Nc2ccc(F)cc2)ncn1. The number of nitrogens with one attached hydrogen (secondary N) is 1. The van der Waals surface area contributed by atoms with Gasteiger partial charge >= 0.3 is 5.97 Å². The minimum atomic E-state index is -1.13. The van der Waals surface area contributed by atoms with Crippen molar-refractivity contribution in [3.63, 3.8) is 0 Å². The number of rotatable bonds is 3. The van der Waals surface area contributed by atoms with E-state index in [9.17, 15) is 9.18 Å². The Morgan fingerprint density at radius 3 is 2.59 bits per heavy atom. The van der Waals surface area contributed by atoms with Crippen LogP contribution < -0.4 is 5.32 Å². The maximum atomic E-state index is 12.7. The number of aromatic nitrogens is 2. The Morgan fingerprint density at radius 1 is 1.24 bits per heavy atom. The zero-order valence-corrected chi connectivity index (χ0v) is 8.59. The summed E-state index contributed by atoms with van der Waals surface area (Å²) in [5, 5.41) is 11.6. The molecular weight excluding hydrogens is 225 g/mol. The Hall–Kier alpha value is -2.50. The standard InChI is InChI=1S/C11H8FN3O2/c12-7-1-3-8(4-2-7)15-10-5-9(11(16)17)13-6-14-10/h1-6H,(H,16,17)(H,13,14,15). The second-order valence-electron chi connectivity index (χ2n) is 3.23. The molecule has 0 aliphatic heterocycles. The second kappa shape index (κ2) is 4.56. The molecule has 2 rings (SSSR count). The van der Waals surface area contributed by atoms with Crippen LogP contribution in [0.25, 0.3) is 0 Å². The molecule has 0 spiro atoms. The van der Waals surface area contributed by atoms with E-state index in [-0.39, 0.29) is 11.5 Å². The average molecular weight is 233 g/mol. The van der Waals surface area contributed by atoms with Gasteiger partial charge in [0.2, 0.25) is 0 Å². The number of hydrogen-bond acceptors (Lipinski definition) is 4. The minimum Gasteiger partial charge on any atom is -0.477 e. The number of aromatic carboxylic acids is 1. The summed E-state index contributed by atoms with van der Waals surface area (Å²) < 4.78 is 12.7. The van der Waals surface area contributed by atoms with Crippen LogP contribution in [-0.2, 0) is 0 Å². The van der Waals surface area contributed by atoms with Gasteiger partial charge in [0.15, 0.2) is 5.69 Å². The van der Waals surface area contributed by atoms with Crippen LogP contribution in [-0.4, -0.2) is 21.0 Å². The Bertz CT molecular complexity index is 543. The summed E-state index contributed by atoms with van der Waals surface area (Å²) in [5.74, 6) is -1.14. The van der Waals surface area contributed by atoms with Crippen molar-refractivity contribution in [2.24, 2.45) is 0 Å². The van der Waals surface area contributed by atoms with Crippen LogP contribution >= 0.6 is 0 Å². The van der Waals surface area contributed by atoms with Crippen molar-refractivity contribution >= 4 is 17.5 Å².